The van der Waals surface area contributed by atoms with Gasteiger partial charge in [-0.3, -0.25) is 24.4 Å². The second-order valence-electron chi connectivity index (χ2n) is 4.73. The van der Waals surface area contributed by atoms with Crippen molar-refractivity contribution in [3.63, 3.8) is 0 Å². The highest BCUT2D eigenvalue weighted by molar-refractivity contribution is 9.10. The Kier molecular flexibility index (Phi) is 4.87. The summed E-state index contributed by atoms with van der Waals surface area (Å²) in [5.41, 5.74) is 0.745. The number of benzene rings is 1. The Balaban J connectivity index is 2.10. The first-order chi connectivity index (χ1) is 9.95. The van der Waals surface area contributed by atoms with Gasteiger partial charge in [-0.2, -0.15) is 0 Å². The lowest BCUT2D eigenvalue weighted by molar-refractivity contribution is -0.385. The van der Waals surface area contributed by atoms with E-state index in [1.54, 1.807) is 0 Å². The second kappa shape index (κ2) is 6.64. The van der Waals surface area contributed by atoms with Gasteiger partial charge >= 0.3 is 0 Å². The van der Waals surface area contributed by atoms with Crippen molar-refractivity contribution in [2.24, 2.45) is 0 Å². The van der Waals surface area contributed by atoms with E-state index in [1.165, 1.54) is 22.9 Å². The highest BCUT2D eigenvalue weighted by Gasteiger charge is 2.09. The summed E-state index contributed by atoms with van der Waals surface area (Å²) in [7, 11) is 1.85. The zero-order chi connectivity index (χ0) is 15.4. The van der Waals surface area contributed by atoms with Crippen LogP contribution in [0.4, 0.5) is 5.69 Å². The zero-order valence-corrected chi connectivity index (χ0v) is 13.0. The van der Waals surface area contributed by atoms with Crippen LogP contribution in [0, 0.1) is 10.1 Å². The first-order valence-corrected chi connectivity index (χ1v) is 7.03. The fraction of sp³-hybridized carbons (Fsp3) is 0.214. The molecule has 110 valence electrons. The standard InChI is InChI=1S/C14H14BrN3O3/c1-16(8-11-2-4-12(15)5-3-11)10-17-9-13(18(20)21)6-7-14(17)19/h2-7,9H,8,10H2,1H3. The van der Waals surface area contributed by atoms with Crippen molar-refractivity contribution in [3.05, 3.63) is 73.1 Å². The van der Waals surface area contributed by atoms with E-state index < -0.39 is 4.92 Å². The van der Waals surface area contributed by atoms with Crippen LogP contribution < -0.4 is 5.56 Å². The number of hydrogen-bond acceptors (Lipinski definition) is 4. The quantitative estimate of drug-likeness (QED) is 0.613. The molecule has 0 radical (unpaired) electrons. The number of halogens is 1. The molecular formula is C14H14BrN3O3. The molecule has 7 heteroatoms. The van der Waals surface area contributed by atoms with Crippen molar-refractivity contribution < 1.29 is 4.92 Å². The van der Waals surface area contributed by atoms with Crippen LogP contribution in [0.2, 0.25) is 0 Å². The maximum absolute atomic E-state index is 11.7. The maximum atomic E-state index is 11.7. The minimum atomic E-state index is -0.509. The summed E-state index contributed by atoms with van der Waals surface area (Å²) in [5.74, 6) is 0. The van der Waals surface area contributed by atoms with Crippen molar-refractivity contribution in [1.29, 1.82) is 0 Å². The Morgan fingerprint density at radius 2 is 1.90 bits per heavy atom. The maximum Gasteiger partial charge on any atom is 0.285 e. The Morgan fingerprint density at radius 1 is 1.24 bits per heavy atom. The summed E-state index contributed by atoms with van der Waals surface area (Å²) in [4.78, 5) is 23.9. The second-order valence-corrected chi connectivity index (χ2v) is 5.65. The predicted molar refractivity (Wildman–Crippen MR) is 83.0 cm³/mol. The fourth-order valence-electron chi connectivity index (χ4n) is 1.95. The molecule has 0 aliphatic carbocycles. The van der Waals surface area contributed by atoms with Crippen LogP contribution in [0.5, 0.6) is 0 Å². The molecule has 2 aromatic rings. The molecule has 1 heterocycles. The van der Waals surface area contributed by atoms with Gasteiger partial charge in [0.2, 0.25) is 0 Å². The van der Waals surface area contributed by atoms with E-state index in [1.807, 2.05) is 36.2 Å². The molecule has 0 fully saturated rings. The van der Waals surface area contributed by atoms with Crippen molar-refractivity contribution in [3.8, 4) is 0 Å². The Labute approximate surface area is 129 Å². The van der Waals surface area contributed by atoms with Crippen LogP contribution >= 0.6 is 15.9 Å². The minimum absolute atomic E-state index is 0.0911. The van der Waals surface area contributed by atoms with Gasteiger partial charge in [0.1, 0.15) is 0 Å². The summed E-state index contributed by atoms with van der Waals surface area (Å²) < 4.78 is 2.33. The lowest BCUT2D eigenvalue weighted by Gasteiger charge is -2.18. The van der Waals surface area contributed by atoms with Crippen LogP contribution in [0.1, 0.15) is 5.56 Å². The highest BCUT2D eigenvalue weighted by atomic mass is 79.9. The van der Waals surface area contributed by atoms with Gasteiger partial charge in [-0.15, -0.1) is 0 Å². The third-order valence-electron chi connectivity index (χ3n) is 2.94. The van der Waals surface area contributed by atoms with E-state index in [4.69, 9.17) is 0 Å². The monoisotopic (exact) mass is 351 g/mol. The van der Waals surface area contributed by atoms with Crippen LogP contribution in [-0.2, 0) is 13.2 Å². The van der Waals surface area contributed by atoms with Gasteiger partial charge < -0.3 is 0 Å². The first kappa shape index (κ1) is 15.4. The van der Waals surface area contributed by atoms with E-state index in [9.17, 15) is 14.9 Å². The number of aromatic nitrogens is 1. The van der Waals surface area contributed by atoms with Gasteiger partial charge in [-0.1, -0.05) is 28.1 Å². The molecule has 0 atom stereocenters. The summed E-state index contributed by atoms with van der Waals surface area (Å²) in [5, 5.41) is 10.7. The third kappa shape index (κ3) is 4.24. The van der Waals surface area contributed by atoms with Crippen LogP contribution in [0.3, 0.4) is 0 Å². The van der Waals surface area contributed by atoms with Gasteiger partial charge in [0, 0.05) is 23.2 Å². The minimum Gasteiger partial charge on any atom is -0.295 e. The van der Waals surface area contributed by atoms with E-state index in [-0.39, 0.29) is 17.9 Å². The predicted octanol–water partition coefficient (Wildman–Crippen LogP) is 2.61. The molecule has 1 aromatic carbocycles. The molecule has 0 N–H and O–H groups in total. The summed E-state index contributed by atoms with van der Waals surface area (Å²) in [6, 6.07) is 10.3. The normalized spacial score (nSPS) is 10.8. The van der Waals surface area contributed by atoms with E-state index in [0.29, 0.717) is 6.54 Å². The summed E-state index contributed by atoms with van der Waals surface area (Å²) in [6.07, 6.45) is 1.26. The molecule has 2 rings (SSSR count). The molecule has 0 unspecified atom stereocenters. The molecule has 0 amide bonds. The largest absolute Gasteiger partial charge is 0.295 e. The van der Waals surface area contributed by atoms with Gasteiger partial charge in [-0.25, -0.2) is 0 Å². The molecule has 21 heavy (non-hydrogen) atoms. The molecule has 0 spiro atoms. The van der Waals surface area contributed by atoms with E-state index >= 15 is 0 Å². The van der Waals surface area contributed by atoms with Crippen molar-refractivity contribution in [2.45, 2.75) is 13.2 Å². The molecule has 6 nitrogen and oxygen atoms in total. The van der Waals surface area contributed by atoms with Crippen molar-refractivity contribution in [2.75, 3.05) is 7.05 Å². The van der Waals surface area contributed by atoms with Gasteiger partial charge in [0.25, 0.3) is 11.2 Å². The molecule has 0 aliphatic rings. The number of nitro groups is 1. The Bertz CT molecular complexity index is 697. The SMILES string of the molecule is CN(Cc1ccc(Br)cc1)Cn1cc([N+](=O)[O-])ccc1=O. The van der Waals surface area contributed by atoms with Crippen molar-refractivity contribution >= 4 is 21.6 Å². The van der Waals surface area contributed by atoms with E-state index in [2.05, 4.69) is 15.9 Å². The summed E-state index contributed by atoms with van der Waals surface area (Å²) >= 11 is 3.37. The van der Waals surface area contributed by atoms with Crippen LogP contribution in [-0.4, -0.2) is 21.4 Å². The average molecular weight is 352 g/mol. The molecule has 0 saturated carbocycles. The average Bonchev–Trinajstić information content (AvgIpc) is 2.43. The van der Waals surface area contributed by atoms with Gasteiger partial charge in [-0.05, 0) is 24.7 Å². The number of hydrogen-bond donors (Lipinski definition) is 0. The number of nitrogens with zero attached hydrogens (tertiary/aromatic N) is 3. The molecular weight excluding hydrogens is 338 g/mol. The number of rotatable bonds is 5. The topological polar surface area (TPSA) is 68.4 Å². The smallest absolute Gasteiger partial charge is 0.285 e. The number of pyridine rings is 1. The summed E-state index contributed by atoms with van der Waals surface area (Å²) in [6.45, 7) is 0.930. The molecule has 0 saturated heterocycles. The van der Waals surface area contributed by atoms with Crippen LogP contribution in [0.15, 0.2) is 51.9 Å². The Hall–Kier alpha value is -1.99. The lowest BCUT2D eigenvalue weighted by Crippen LogP contribution is -2.29. The Morgan fingerprint density at radius 3 is 2.52 bits per heavy atom. The highest BCUT2D eigenvalue weighted by Crippen LogP contribution is 2.12. The van der Waals surface area contributed by atoms with Gasteiger partial charge in [0.05, 0.1) is 17.8 Å². The fourth-order valence-corrected chi connectivity index (χ4v) is 2.21. The van der Waals surface area contributed by atoms with Crippen LogP contribution in [0.25, 0.3) is 0 Å². The zero-order valence-electron chi connectivity index (χ0n) is 11.4. The van der Waals surface area contributed by atoms with Gasteiger partial charge in [0.15, 0.2) is 0 Å². The molecule has 0 bridgehead atoms. The first-order valence-electron chi connectivity index (χ1n) is 6.23. The molecule has 1 aromatic heterocycles. The van der Waals surface area contributed by atoms with E-state index in [0.717, 1.165) is 10.0 Å². The lowest BCUT2D eigenvalue weighted by atomic mass is 10.2. The van der Waals surface area contributed by atoms with Crippen molar-refractivity contribution in [1.82, 2.24) is 9.47 Å². The third-order valence-corrected chi connectivity index (χ3v) is 3.47. The molecule has 0 aliphatic heterocycles.